The van der Waals surface area contributed by atoms with E-state index < -0.39 is 64.7 Å². The van der Waals surface area contributed by atoms with E-state index in [2.05, 4.69) is 0 Å². The van der Waals surface area contributed by atoms with E-state index in [0.717, 1.165) is 6.07 Å². The van der Waals surface area contributed by atoms with Crippen molar-refractivity contribution >= 4 is 0 Å². The fourth-order valence-electron chi connectivity index (χ4n) is 5.53. The largest absolute Gasteiger partial charge is 0.507 e. The summed E-state index contributed by atoms with van der Waals surface area (Å²) in [5.74, 6) is -3.86. The number of hydrogen-bond acceptors (Lipinski definition) is 12. The maximum absolute atomic E-state index is 11.4. The zero-order chi connectivity index (χ0) is 30.0. The number of fused-ring (bicyclic) bond motifs is 2. The lowest BCUT2D eigenvalue weighted by atomic mass is 9.87. The van der Waals surface area contributed by atoms with E-state index in [-0.39, 0.29) is 57.9 Å². The summed E-state index contributed by atoms with van der Waals surface area (Å²) in [5.41, 5.74) is 0.262. The number of aromatic hydroxyl groups is 8. The fourth-order valence-corrected chi connectivity index (χ4v) is 5.53. The molecule has 0 amide bonds. The molecule has 6 rings (SSSR count). The molecule has 12 nitrogen and oxygen atoms in total. The molecular weight excluding hydrogens is 552 g/mol. The Balaban J connectivity index is 1.45. The van der Waals surface area contributed by atoms with Gasteiger partial charge < -0.3 is 60.5 Å². The molecule has 0 spiro atoms. The van der Waals surface area contributed by atoms with Gasteiger partial charge in [0.15, 0.2) is 23.0 Å². The lowest BCUT2D eigenvalue weighted by Crippen LogP contribution is -2.31. The van der Waals surface area contributed by atoms with E-state index in [4.69, 9.17) is 9.47 Å². The standard InChI is InChI=1S/C30H26O12/c31-15-3-1-11(5-18(15)34)28-23(39)8-14-24(41-28)10-21(37)25(27(14)40)26-20(36)9-17(33)13-7-22(38)29(42-30(13)26)12-2-4-16(32)19(35)6-12/h1-6,9-10,22-23,28-29,31-40H,7-8H2. The van der Waals surface area contributed by atoms with Crippen molar-refractivity contribution in [3.63, 3.8) is 0 Å². The number of aliphatic hydroxyl groups is 2. The highest BCUT2D eigenvalue weighted by Gasteiger charge is 2.39. The van der Waals surface area contributed by atoms with Crippen LogP contribution in [0.5, 0.6) is 57.5 Å². The molecule has 0 aliphatic carbocycles. The summed E-state index contributed by atoms with van der Waals surface area (Å²) in [6.07, 6.45) is -4.96. The first kappa shape index (κ1) is 27.0. The van der Waals surface area contributed by atoms with Crippen LogP contribution in [0, 0.1) is 0 Å². The monoisotopic (exact) mass is 578 g/mol. The third kappa shape index (κ3) is 4.24. The number of benzene rings is 4. The van der Waals surface area contributed by atoms with Gasteiger partial charge in [0.2, 0.25) is 0 Å². The minimum Gasteiger partial charge on any atom is -0.507 e. The van der Waals surface area contributed by atoms with Gasteiger partial charge in [-0.25, -0.2) is 0 Å². The Kier molecular flexibility index (Phi) is 6.24. The highest BCUT2D eigenvalue weighted by Crippen LogP contribution is 2.56. The van der Waals surface area contributed by atoms with Crippen molar-refractivity contribution in [3.05, 3.63) is 70.8 Å². The number of phenolic OH excluding ortho intramolecular Hbond substituents is 8. The Morgan fingerprint density at radius 2 is 1.02 bits per heavy atom. The lowest BCUT2D eigenvalue weighted by Gasteiger charge is -2.34. The third-order valence-corrected chi connectivity index (χ3v) is 7.61. The Morgan fingerprint density at radius 1 is 0.500 bits per heavy atom. The summed E-state index contributed by atoms with van der Waals surface area (Å²) in [6.45, 7) is 0. The molecule has 0 bridgehead atoms. The first-order chi connectivity index (χ1) is 19.9. The van der Waals surface area contributed by atoms with Crippen LogP contribution < -0.4 is 9.47 Å². The molecule has 0 saturated carbocycles. The van der Waals surface area contributed by atoms with Crippen LogP contribution in [0.15, 0.2) is 48.5 Å². The summed E-state index contributed by atoms with van der Waals surface area (Å²) < 4.78 is 11.9. The van der Waals surface area contributed by atoms with Crippen LogP contribution in [0.4, 0.5) is 0 Å². The van der Waals surface area contributed by atoms with E-state index >= 15 is 0 Å². The van der Waals surface area contributed by atoms with Crippen molar-refractivity contribution in [1.82, 2.24) is 0 Å². The van der Waals surface area contributed by atoms with Crippen LogP contribution in [0.25, 0.3) is 11.1 Å². The Morgan fingerprint density at radius 3 is 1.60 bits per heavy atom. The molecule has 0 aromatic heterocycles. The molecule has 4 atom stereocenters. The number of aliphatic hydroxyl groups excluding tert-OH is 2. The van der Waals surface area contributed by atoms with Gasteiger partial charge in [-0.1, -0.05) is 12.1 Å². The molecule has 0 saturated heterocycles. The summed E-state index contributed by atoms with van der Waals surface area (Å²) in [6, 6.07) is 9.85. The molecule has 2 aliphatic heterocycles. The van der Waals surface area contributed by atoms with Gasteiger partial charge in [-0.2, -0.15) is 0 Å². The van der Waals surface area contributed by atoms with Crippen molar-refractivity contribution in [2.75, 3.05) is 0 Å². The van der Waals surface area contributed by atoms with Crippen LogP contribution in [0.2, 0.25) is 0 Å². The Hall–Kier alpha value is -5.20. The first-order valence-electron chi connectivity index (χ1n) is 12.8. The van der Waals surface area contributed by atoms with Gasteiger partial charge in [0.1, 0.15) is 46.7 Å². The SMILES string of the molecule is Oc1ccc(C2Oc3cc(O)c(-c4c(O)cc(O)c5c4OC(c4ccc(O)c(O)c4)C(O)C5)c(O)c3CC2O)cc1O. The van der Waals surface area contributed by atoms with Gasteiger partial charge in [-0.05, 0) is 35.4 Å². The maximum atomic E-state index is 11.4. The second-order valence-electron chi connectivity index (χ2n) is 10.3. The second kappa shape index (κ2) is 9.72. The minimum absolute atomic E-state index is 0.0116. The average Bonchev–Trinajstić information content (AvgIpc) is 2.94. The van der Waals surface area contributed by atoms with Gasteiger partial charge in [-0.15, -0.1) is 0 Å². The normalized spacial score (nSPS) is 21.1. The van der Waals surface area contributed by atoms with E-state index in [1.165, 1.54) is 42.5 Å². The zero-order valence-corrected chi connectivity index (χ0v) is 21.6. The van der Waals surface area contributed by atoms with E-state index in [1.54, 1.807) is 0 Å². The number of ether oxygens (including phenoxy) is 2. The summed E-state index contributed by atoms with van der Waals surface area (Å²) in [4.78, 5) is 0. The maximum Gasteiger partial charge on any atom is 0.157 e. The van der Waals surface area contributed by atoms with Crippen molar-refractivity contribution in [3.8, 4) is 68.6 Å². The molecule has 10 N–H and O–H groups in total. The molecule has 12 heteroatoms. The predicted octanol–water partition coefficient (Wildman–Crippen LogP) is 3.07. The van der Waals surface area contributed by atoms with E-state index in [9.17, 15) is 51.1 Å². The van der Waals surface area contributed by atoms with Crippen molar-refractivity contribution in [2.45, 2.75) is 37.3 Å². The highest BCUT2D eigenvalue weighted by molar-refractivity contribution is 5.89. The number of phenols is 8. The van der Waals surface area contributed by atoms with Crippen LogP contribution in [0.3, 0.4) is 0 Å². The quantitative estimate of drug-likeness (QED) is 0.159. The second-order valence-corrected chi connectivity index (χ2v) is 10.3. The van der Waals surface area contributed by atoms with Gasteiger partial charge in [0, 0.05) is 36.1 Å². The molecule has 4 aromatic carbocycles. The van der Waals surface area contributed by atoms with Crippen LogP contribution >= 0.6 is 0 Å². The summed E-state index contributed by atoms with van der Waals surface area (Å²) in [7, 11) is 0. The fraction of sp³-hybridized carbons (Fsp3) is 0.200. The van der Waals surface area contributed by atoms with Gasteiger partial charge in [0.25, 0.3) is 0 Å². The van der Waals surface area contributed by atoms with Gasteiger partial charge in [-0.3, -0.25) is 0 Å². The molecule has 218 valence electrons. The molecule has 2 heterocycles. The van der Waals surface area contributed by atoms with Gasteiger partial charge >= 0.3 is 0 Å². The zero-order valence-electron chi connectivity index (χ0n) is 21.6. The molecule has 2 aliphatic rings. The molecule has 0 fully saturated rings. The Bertz CT molecular complexity index is 1730. The number of rotatable bonds is 3. The van der Waals surface area contributed by atoms with E-state index in [1.807, 2.05) is 0 Å². The van der Waals surface area contributed by atoms with Gasteiger partial charge in [0.05, 0.1) is 23.3 Å². The molecule has 4 unspecified atom stereocenters. The summed E-state index contributed by atoms with van der Waals surface area (Å²) in [5, 5.41) is 105. The smallest absolute Gasteiger partial charge is 0.157 e. The minimum atomic E-state index is -1.23. The number of hydrogen-bond donors (Lipinski definition) is 10. The molecular formula is C30H26O12. The van der Waals surface area contributed by atoms with E-state index in [0.29, 0.717) is 5.56 Å². The van der Waals surface area contributed by atoms with Crippen LogP contribution in [-0.4, -0.2) is 63.3 Å². The van der Waals surface area contributed by atoms with Crippen molar-refractivity contribution in [1.29, 1.82) is 0 Å². The topological polar surface area (TPSA) is 221 Å². The van der Waals surface area contributed by atoms with Crippen LogP contribution in [0.1, 0.15) is 34.5 Å². The third-order valence-electron chi connectivity index (χ3n) is 7.61. The van der Waals surface area contributed by atoms with Crippen molar-refractivity contribution in [2.24, 2.45) is 0 Å². The Labute approximate surface area is 237 Å². The first-order valence-corrected chi connectivity index (χ1v) is 12.8. The average molecular weight is 579 g/mol. The predicted molar refractivity (Wildman–Crippen MR) is 144 cm³/mol. The van der Waals surface area contributed by atoms with Crippen molar-refractivity contribution < 1.29 is 60.5 Å². The molecule has 0 radical (unpaired) electrons. The molecule has 42 heavy (non-hydrogen) atoms. The lowest BCUT2D eigenvalue weighted by molar-refractivity contribution is 0.0194. The highest BCUT2D eigenvalue weighted by atomic mass is 16.5. The summed E-state index contributed by atoms with van der Waals surface area (Å²) >= 11 is 0. The molecule has 4 aromatic rings. The van der Waals surface area contributed by atoms with Crippen LogP contribution in [-0.2, 0) is 12.8 Å².